The molecule has 0 aliphatic heterocycles. The van der Waals surface area contributed by atoms with Gasteiger partial charge < -0.3 is 20.9 Å². The van der Waals surface area contributed by atoms with Crippen LogP contribution >= 0.6 is 0 Å². The van der Waals surface area contributed by atoms with Crippen molar-refractivity contribution in [3.05, 3.63) is 52.9 Å². The van der Waals surface area contributed by atoms with Gasteiger partial charge in [0.1, 0.15) is 5.76 Å². The predicted octanol–water partition coefficient (Wildman–Crippen LogP) is 3.55. The van der Waals surface area contributed by atoms with Crippen LogP contribution in [-0.4, -0.2) is 42.8 Å². The van der Waals surface area contributed by atoms with Crippen LogP contribution in [0.2, 0.25) is 0 Å². The summed E-state index contributed by atoms with van der Waals surface area (Å²) in [5.41, 5.74) is 10.5. The van der Waals surface area contributed by atoms with Gasteiger partial charge in [0.15, 0.2) is 0 Å². The number of aliphatic hydroxyl groups excluding tert-OH is 1. The largest absolute Gasteiger partial charge is 0.491 e. The third-order valence-electron chi connectivity index (χ3n) is 4.76. The van der Waals surface area contributed by atoms with Crippen LogP contribution in [-0.2, 0) is 11.2 Å². The van der Waals surface area contributed by atoms with Gasteiger partial charge in [-0.3, -0.25) is 5.41 Å². The van der Waals surface area contributed by atoms with E-state index in [-0.39, 0.29) is 12.3 Å². The average molecular weight is 399 g/mol. The monoisotopic (exact) mass is 398 g/mol. The lowest BCUT2D eigenvalue weighted by molar-refractivity contribution is 0.212. The number of unbranched alkanes of at least 4 members (excludes halogenated alkanes) is 3. The Kier molecular flexibility index (Phi) is 9.60. The molecule has 2 rings (SSSR count). The summed E-state index contributed by atoms with van der Waals surface area (Å²) >= 11 is 0. The van der Waals surface area contributed by atoms with Gasteiger partial charge in [-0.25, -0.2) is 4.99 Å². The van der Waals surface area contributed by atoms with Gasteiger partial charge >= 0.3 is 0 Å². The molecule has 1 aliphatic carbocycles. The standard InChI is InChI=1S/C23H34N4O2/c1-3-4-5-6-13-29-23-16-22(19(24)15-20(23)25)27-21-8-7-18(14-17(21)2)9-10-26-11-12-28/h7-8,14-16,24,26,28H,3-6,9-13,25H2,1-2H3. The maximum Gasteiger partial charge on any atom is 0.144 e. The predicted molar refractivity (Wildman–Crippen MR) is 120 cm³/mol. The molecule has 5 N–H and O–H groups in total. The average Bonchev–Trinajstić information content (AvgIpc) is 2.70. The zero-order valence-corrected chi connectivity index (χ0v) is 17.6. The molecule has 6 nitrogen and oxygen atoms in total. The summed E-state index contributed by atoms with van der Waals surface area (Å²) in [6, 6.07) is 6.15. The SMILES string of the molecule is CCCCCCOC1=CC(=Nc2ccc(CCNCCO)cc2C)C(=N)C=C1N. The van der Waals surface area contributed by atoms with E-state index in [2.05, 4.69) is 29.4 Å². The normalized spacial score (nSPS) is 15.4. The van der Waals surface area contributed by atoms with E-state index in [0.29, 0.717) is 30.3 Å². The van der Waals surface area contributed by atoms with Crippen LogP contribution < -0.4 is 11.1 Å². The number of nitrogens with two attached hydrogens (primary N) is 1. The van der Waals surface area contributed by atoms with Crippen molar-refractivity contribution in [2.24, 2.45) is 10.7 Å². The zero-order chi connectivity index (χ0) is 21.1. The topological polar surface area (TPSA) is 104 Å². The Morgan fingerprint density at radius 1 is 1.17 bits per heavy atom. The van der Waals surface area contributed by atoms with Gasteiger partial charge in [-0.15, -0.1) is 0 Å². The number of nitrogens with one attached hydrogen (secondary N) is 2. The number of aliphatic imine (C=N–C) groups is 1. The molecule has 29 heavy (non-hydrogen) atoms. The van der Waals surface area contributed by atoms with E-state index in [4.69, 9.17) is 21.0 Å². The van der Waals surface area contributed by atoms with Crippen molar-refractivity contribution in [1.29, 1.82) is 5.41 Å². The first-order chi connectivity index (χ1) is 14.0. The van der Waals surface area contributed by atoms with Gasteiger partial charge in [0, 0.05) is 12.6 Å². The van der Waals surface area contributed by atoms with Crippen LogP contribution in [0.1, 0.15) is 43.7 Å². The van der Waals surface area contributed by atoms with E-state index in [1.165, 1.54) is 18.4 Å². The number of rotatable bonds is 12. The molecular formula is C23H34N4O2. The number of aryl methyl sites for hydroxylation is 1. The molecule has 158 valence electrons. The third-order valence-corrected chi connectivity index (χ3v) is 4.76. The first-order valence-electron chi connectivity index (χ1n) is 10.5. The molecule has 0 saturated carbocycles. The van der Waals surface area contributed by atoms with Crippen LogP contribution in [0.15, 0.2) is 46.8 Å². The molecule has 1 aromatic rings. The molecule has 0 amide bonds. The number of allylic oxidation sites excluding steroid dienone is 2. The lowest BCUT2D eigenvalue weighted by atomic mass is 10.0. The van der Waals surface area contributed by atoms with Crippen molar-refractivity contribution >= 4 is 17.1 Å². The number of hydrogen-bond acceptors (Lipinski definition) is 6. The Labute approximate surface area is 174 Å². The minimum Gasteiger partial charge on any atom is -0.491 e. The highest BCUT2D eigenvalue weighted by atomic mass is 16.5. The molecular weight excluding hydrogens is 364 g/mol. The highest BCUT2D eigenvalue weighted by molar-refractivity contribution is 6.50. The molecule has 0 radical (unpaired) electrons. The first kappa shape index (κ1) is 22.8. The Balaban J connectivity index is 2.05. The van der Waals surface area contributed by atoms with Gasteiger partial charge in [-0.2, -0.15) is 0 Å². The van der Waals surface area contributed by atoms with Gasteiger partial charge in [-0.05, 0) is 49.6 Å². The van der Waals surface area contributed by atoms with Crippen LogP contribution in [0.25, 0.3) is 0 Å². The zero-order valence-electron chi connectivity index (χ0n) is 17.6. The van der Waals surface area contributed by atoms with Gasteiger partial charge in [0.2, 0.25) is 0 Å². The number of nitrogens with zero attached hydrogens (tertiary/aromatic N) is 1. The summed E-state index contributed by atoms with van der Waals surface area (Å²) in [5.74, 6) is 0.598. The fourth-order valence-corrected chi connectivity index (χ4v) is 3.08. The third kappa shape index (κ3) is 7.48. The summed E-state index contributed by atoms with van der Waals surface area (Å²) in [4.78, 5) is 4.68. The smallest absolute Gasteiger partial charge is 0.144 e. The summed E-state index contributed by atoms with van der Waals surface area (Å²) in [6.07, 6.45) is 8.80. The molecule has 0 aromatic heterocycles. The minimum atomic E-state index is 0.151. The second-order valence-corrected chi connectivity index (χ2v) is 7.27. The quantitative estimate of drug-likeness (QED) is 0.319. The van der Waals surface area contributed by atoms with Gasteiger partial charge in [-0.1, -0.05) is 38.3 Å². The Hall–Kier alpha value is -2.44. The van der Waals surface area contributed by atoms with Gasteiger partial charge in [0.25, 0.3) is 0 Å². The molecule has 0 spiro atoms. The highest BCUT2D eigenvalue weighted by Gasteiger charge is 2.16. The number of aliphatic hydroxyl groups is 1. The van der Waals surface area contributed by atoms with Crippen LogP contribution in [0.5, 0.6) is 0 Å². The number of benzene rings is 1. The lowest BCUT2D eigenvalue weighted by Gasteiger charge is -2.16. The van der Waals surface area contributed by atoms with E-state index < -0.39 is 0 Å². The Morgan fingerprint density at radius 3 is 2.72 bits per heavy atom. The molecule has 0 bridgehead atoms. The van der Waals surface area contributed by atoms with E-state index in [0.717, 1.165) is 37.1 Å². The van der Waals surface area contributed by atoms with Crippen LogP contribution in [0.4, 0.5) is 5.69 Å². The Bertz CT molecular complexity index is 781. The molecule has 0 atom stereocenters. The van der Waals surface area contributed by atoms with E-state index in [1.807, 2.05) is 13.0 Å². The van der Waals surface area contributed by atoms with Crippen molar-refractivity contribution < 1.29 is 9.84 Å². The van der Waals surface area contributed by atoms with Crippen LogP contribution in [0.3, 0.4) is 0 Å². The molecule has 1 aliphatic rings. The molecule has 0 saturated heterocycles. The highest BCUT2D eigenvalue weighted by Crippen LogP contribution is 2.23. The Morgan fingerprint density at radius 2 is 2.00 bits per heavy atom. The summed E-state index contributed by atoms with van der Waals surface area (Å²) < 4.78 is 5.84. The maximum atomic E-state index is 8.82. The molecule has 0 fully saturated rings. The number of hydrogen-bond donors (Lipinski definition) is 4. The molecule has 1 aromatic carbocycles. The number of ether oxygens (including phenoxy) is 1. The lowest BCUT2D eigenvalue weighted by Crippen LogP contribution is -2.20. The van der Waals surface area contributed by atoms with Crippen molar-refractivity contribution in [1.82, 2.24) is 5.32 Å². The summed E-state index contributed by atoms with van der Waals surface area (Å²) in [6.45, 7) is 6.42. The first-order valence-corrected chi connectivity index (χ1v) is 10.5. The second-order valence-electron chi connectivity index (χ2n) is 7.27. The van der Waals surface area contributed by atoms with Crippen LogP contribution in [0, 0.1) is 12.3 Å². The summed E-state index contributed by atoms with van der Waals surface area (Å²) in [7, 11) is 0. The minimum absolute atomic E-state index is 0.151. The van der Waals surface area contributed by atoms with Crippen molar-refractivity contribution in [3.63, 3.8) is 0 Å². The fourth-order valence-electron chi connectivity index (χ4n) is 3.08. The summed E-state index contributed by atoms with van der Waals surface area (Å²) in [5, 5.41) is 20.2. The maximum absolute atomic E-state index is 8.82. The van der Waals surface area contributed by atoms with Gasteiger partial charge in [0.05, 0.1) is 36.0 Å². The van der Waals surface area contributed by atoms with E-state index in [9.17, 15) is 0 Å². The fraction of sp³-hybridized carbons (Fsp3) is 0.478. The van der Waals surface area contributed by atoms with Crippen molar-refractivity contribution in [2.75, 3.05) is 26.3 Å². The van der Waals surface area contributed by atoms with E-state index in [1.54, 1.807) is 12.2 Å². The van der Waals surface area contributed by atoms with Crippen molar-refractivity contribution in [2.45, 2.75) is 46.0 Å². The molecule has 0 unspecified atom stereocenters. The second kappa shape index (κ2) is 12.2. The van der Waals surface area contributed by atoms with E-state index >= 15 is 0 Å². The van der Waals surface area contributed by atoms with Crippen molar-refractivity contribution in [3.8, 4) is 0 Å². The molecule has 6 heteroatoms. The molecule has 0 heterocycles.